The summed E-state index contributed by atoms with van der Waals surface area (Å²) in [6.07, 6.45) is 0.191. The number of amides is 1. The zero-order chi connectivity index (χ0) is 24.0. The molecule has 1 amide bonds. The zero-order valence-corrected chi connectivity index (χ0v) is 19.1. The molecular weight excluding hydrogens is 437 g/mol. The van der Waals surface area contributed by atoms with Crippen molar-refractivity contribution in [2.75, 3.05) is 20.6 Å². The minimum Gasteiger partial charge on any atom is -0.328 e. The fourth-order valence-corrected chi connectivity index (χ4v) is 4.49. The first-order valence-corrected chi connectivity index (χ1v) is 10.9. The van der Waals surface area contributed by atoms with Crippen LogP contribution >= 0.6 is 0 Å². The van der Waals surface area contributed by atoms with Crippen molar-refractivity contribution in [3.63, 3.8) is 0 Å². The molecule has 5 rings (SSSR count). The SMILES string of the molecule is Cc1nnc2n1C(N(C)C)CN(C(=O)c1cc(Cc3n[nH]c(=O)c4ccccc34)ccc1F)C2. The average molecular weight is 462 g/mol. The van der Waals surface area contributed by atoms with Crippen molar-refractivity contribution in [2.45, 2.75) is 26.1 Å². The van der Waals surface area contributed by atoms with Gasteiger partial charge in [0.05, 0.1) is 29.7 Å². The minimum absolute atomic E-state index is 0.00609. The molecule has 0 fully saturated rings. The number of nitrogens with zero attached hydrogens (tertiary/aromatic N) is 6. The highest BCUT2D eigenvalue weighted by Crippen LogP contribution is 2.26. The number of aromatic nitrogens is 5. The Morgan fingerprint density at radius 2 is 1.94 bits per heavy atom. The summed E-state index contributed by atoms with van der Waals surface area (Å²) in [7, 11) is 3.84. The van der Waals surface area contributed by atoms with Gasteiger partial charge >= 0.3 is 0 Å². The third-order valence-corrected chi connectivity index (χ3v) is 6.24. The summed E-state index contributed by atoms with van der Waals surface area (Å²) in [6, 6.07) is 11.7. The number of rotatable bonds is 4. The second-order valence-corrected chi connectivity index (χ2v) is 8.70. The van der Waals surface area contributed by atoms with Gasteiger partial charge in [0.2, 0.25) is 0 Å². The smallest absolute Gasteiger partial charge is 0.272 e. The standard InChI is InChI=1S/C24H24FN7O2/c1-14-26-28-21-12-31(13-22(30(2)3)32(14)21)24(34)18-10-15(8-9-19(18)25)11-20-16-6-4-5-7-17(16)23(33)29-27-20/h4-10,22H,11-13H2,1-3H3,(H,29,33). The predicted molar refractivity (Wildman–Crippen MR) is 124 cm³/mol. The average Bonchev–Trinajstić information content (AvgIpc) is 3.21. The second-order valence-electron chi connectivity index (χ2n) is 8.70. The van der Waals surface area contributed by atoms with Gasteiger partial charge in [-0.2, -0.15) is 5.10 Å². The van der Waals surface area contributed by atoms with Crippen molar-refractivity contribution in [2.24, 2.45) is 0 Å². The molecule has 0 saturated carbocycles. The number of aromatic amines is 1. The Hall–Kier alpha value is -3.92. The van der Waals surface area contributed by atoms with Crippen LogP contribution in [-0.4, -0.2) is 61.3 Å². The van der Waals surface area contributed by atoms with E-state index in [0.29, 0.717) is 29.9 Å². The lowest BCUT2D eigenvalue weighted by molar-refractivity contribution is 0.0539. The number of carbonyl (C=O) groups is 1. The maximum atomic E-state index is 14.8. The Labute approximate surface area is 194 Å². The zero-order valence-electron chi connectivity index (χ0n) is 19.1. The summed E-state index contributed by atoms with van der Waals surface area (Å²) in [5, 5.41) is 16.3. The molecule has 4 aromatic rings. The van der Waals surface area contributed by atoms with Crippen LogP contribution in [0.2, 0.25) is 0 Å². The Kier molecular flexibility index (Phi) is 5.45. The van der Waals surface area contributed by atoms with Gasteiger partial charge in [-0.1, -0.05) is 24.3 Å². The number of halogens is 1. The van der Waals surface area contributed by atoms with Gasteiger partial charge < -0.3 is 4.90 Å². The van der Waals surface area contributed by atoms with E-state index in [1.54, 1.807) is 29.2 Å². The number of fused-ring (bicyclic) bond motifs is 2. The monoisotopic (exact) mass is 461 g/mol. The number of nitrogens with one attached hydrogen (secondary N) is 1. The number of hydrogen-bond donors (Lipinski definition) is 1. The largest absolute Gasteiger partial charge is 0.328 e. The third kappa shape index (κ3) is 3.75. The van der Waals surface area contributed by atoms with Crippen LogP contribution in [-0.2, 0) is 13.0 Å². The normalized spacial score (nSPS) is 15.7. The van der Waals surface area contributed by atoms with E-state index in [-0.39, 0.29) is 23.8 Å². The highest BCUT2D eigenvalue weighted by molar-refractivity contribution is 5.95. The maximum absolute atomic E-state index is 14.8. The fourth-order valence-electron chi connectivity index (χ4n) is 4.49. The van der Waals surface area contributed by atoms with Crippen LogP contribution in [0.4, 0.5) is 4.39 Å². The summed E-state index contributed by atoms with van der Waals surface area (Å²) >= 11 is 0. The minimum atomic E-state index is -0.586. The lowest BCUT2D eigenvalue weighted by Gasteiger charge is -2.37. The molecule has 0 aliphatic carbocycles. The molecule has 34 heavy (non-hydrogen) atoms. The second kappa shape index (κ2) is 8.45. The highest BCUT2D eigenvalue weighted by Gasteiger charge is 2.33. The van der Waals surface area contributed by atoms with Gasteiger partial charge in [0.1, 0.15) is 17.8 Å². The van der Waals surface area contributed by atoms with E-state index in [1.165, 1.54) is 6.07 Å². The Morgan fingerprint density at radius 3 is 2.71 bits per heavy atom. The van der Waals surface area contributed by atoms with E-state index in [9.17, 15) is 14.0 Å². The summed E-state index contributed by atoms with van der Waals surface area (Å²) in [4.78, 5) is 29.1. The van der Waals surface area contributed by atoms with Crippen molar-refractivity contribution >= 4 is 16.7 Å². The molecule has 10 heteroatoms. The molecule has 0 spiro atoms. The van der Waals surface area contributed by atoms with E-state index in [4.69, 9.17) is 0 Å². The molecule has 1 atom stereocenters. The van der Waals surface area contributed by atoms with Crippen LogP contribution in [0, 0.1) is 12.7 Å². The quantitative estimate of drug-likeness (QED) is 0.501. The first kappa shape index (κ1) is 21.9. The van der Waals surface area contributed by atoms with Gasteiger partial charge in [-0.3, -0.25) is 19.1 Å². The highest BCUT2D eigenvalue weighted by atomic mass is 19.1. The lowest BCUT2D eigenvalue weighted by atomic mass is 10.0. The van der Waals surface area contributed by atoms with Gasteiger partial charge in [0, 0.05) is 11.8 Å². The molecule has 3 heterocycles. The fraction of sp³-hybridized carbons (Fsp3) is 0.292. The van der Waals surface area contributed by atoms with E-state index in [2.05, 4.69) is 20.4 Å². The summed E-state index contributed by atoms with van der Waals surface area (Å²) in [5.74, 6) is 0.445. The van der Waals surface area contributed by atoms with Gasteiger partial charge in [0.25, 0.3) is 11.5 Å². The molecule has 174 valence electrons. The summed E-state index contributed by atoms with van der Waals surface area (Å²) in [5.41, 5.74) is 1.09. The molecular formula is C24H24FN7O2. The number of likely N-dealkylation sites (N-methyl/N-ethyl adjacent to an activating group) is 1. The Balaban J connectivity index is 1.46. The van der Waals surface area contributed by atoms with Crippen molar-refractivity contribution in [3.05, 3.63) is 87.1 Å². The summed E-state index contributed by atoms with van der Waals surface area (Å²) in [6.45, 7) is 2.51. The molecule has 1 unspecified atom stereocenters. The molecule has 9 nitrogen and oxygen atoms in total. The Bertz CT molecular complexity index is 1460. The van der Waals surface area contributed by atoms with Crippen molar-refractivity contribution < 1.29 is 9.18 Å². The predicted octanol–water partition coefficient (Wildman–Crippen LogP) is 2.27. The van der Waals surface area contributed by atoms with Gasteiger partial charge in [0.15, 0.2) is 5.82 Å². The first-order chi connectivity index (χ1) is 16.3. The van der Waals surface area contributed by atoms with Crippen molar-refractivity contribution in [1.29, 1.82) is 0 Å². The maximum Gasteiger partial charge on any atom is 0.272 e. The number of hydrogen-bond acceptors (Lipinski definition) is 6. The molecule has 0 bridgehead atoms. The van der Waals surface area contributed by atoms with Gasteiger partial charge in [-0.25, -0.2) is 9.49 Å². The lowest BCUT2D eigenvalue weighted by Crippen LogP contribution is -2.46. The first-order valence-electron chi connectivity index (χ1n) is 10.9. The molecule has 1 aliphatic rings. The van der Waals surface area contributed by atoms with Crippen LogP contribution in [0.3, 0.4) is 0 Å². The van der Waals surface area contributed by atoms with E-state index in [0.717, 1.165) is 16.8 Å². The van der Waals surface area contributed by atoms with Crippen LogP contribution < -0.4 is 5.56 Å². The number of H-pyrrole nitrogens is 1. The number of carbonyl (C=O) groups excluding carboxylic acids is 1. The van der Waals surface area contributed by atoms with Crippen LogP contribution in [0.15, 0.2) is 47.3 Å². The summed E-state index contributed by atoms with van der Waals surface area (Å²) < 4.78 is 16.8. The van der Waals surface area contributed by atoms with E-state index < -0.39 is 11.7 Å². The van der Waals surface area contributed by atoms with Crippen LogP contribution in [0.25, 0.3) is 10.8 Å². The van der Waals surface area contributed by atoms with Crippen molar-refractivity contribution in [1.82, 2.24) is 34.8 Å². The van der Waals surface area contributed by atoms with Gasteiger partial charge in [-0.05, 0) is 44.8 Å². The topological polar surface area (TPSA) is 100 Å². The molecule has 0 radical (unpaired) electrons. The van der Waals surface area contributed by atoms with E-state index in [1.807, 2.05) is 42.6 Å². The Morgan fingerprint density at radius 1 is 1.18 bits per heavy atom. The van der Waals surface area contributed by atoms with Crippen LogP contribution in [0.5, 0.6) is 0 Å². The third-order valence-electron chi connectivity index (χ3n) is 6.24. The molecule has 2 aromatic heterocycles. The number of benzene rings is 2. The molecule has 0 saturated heterocycles. The van der Waals surface area contributed by atoms with Crippen LogP contribution in [0.1, 0.15) is 39.4 Å². The molecule has 1 aliphatic heterocycles. The molecule has 1 N–H and O–H groups in total. The molecule has 2 aromatic carbocycles. The van der Waals surface area contributed by atoms with E-state index >= 15 is 0 Å². The van der Waals surface area contributed by atoms with Gasteiger partial charge in [-0.15, -0.1) is 10.2 Å². The van der Waals surface area contributed by atoms with Crippen molar-refractivity contribution in [3.8, 4) is 0 Å². The number of aryl methyl sites for hydroxylation is 1.